The van der Waals surface area contributed by atoms with E-state index in [2.05, 4.69) is 26.0 Å². The molecule has 1 rings (SSSR count). The van der Waals surface area contributed by atoms with Gasteiger partial charge in [-0.1, -0.05) is 32.4 Å². The first kappa shape index (κ1) is 21.5. The van der Waals surface area contributed by atoms with E-state index >= 15 is 0 Å². The lowest BCUT2D eigenvalue weighted by atomic mass is 9.83. The lowest BCUT2D eigenvalue weighted by Gasteiger charge is -2.37. The van der Waals surface area contributed by atoms with Crippen LogP contribution < -0.4 is 0 Å². The first-order valence-electron chi connectivity index (χ1n) is 9.31. The molecule has 4 unspecified atom stereocenters. The van der Waals surface area contributed by atoms with Crippen LogP contribution in [0.15, 0.2) is 12.2 Å². The minimum atomic E-state index is -0.387. The topological polar surface area (TPSA) is 44.8 Å². The average Bonchev–Trinajstić information content (AvgIpc) is 2.60. The summed E-state index contributed by atoms with van der Waals surface area (Å²) >= 11 is 5.66. The number of ether oxygens (including phenoxy) is 2. The normalized spacial score (nSPS) is 25.8. The molecule has 1 fully saturated rings. The van der Waals surface area contributed by atoms with Gasteiger partial charge in [-0.15, -0.1) is 0 Å². The smallest absolute Gasteiger partial charge is 0.305 e. The molecule has 0 bridgehead atoms. The number of hydrogen-bond donors (Lipinski definition) is 0. The molecule has 0 radical (unpaired) electrons. The van der Waals surface area contributed by atoms with Crippen LogP contribution in [0.3, 0.4) is 0 Å². The van der Waals surface area contributed by atoms with Crippen LogP contribution in [0.1, 0.15) is 72.1 Å². The maximum absolute atomic E-state index is 11.7. The standard InChI is InChI=1S/C19H33ClO4/c1-4-6-8-9-15(3)17-12-10-16(23-19(17)24-20)11-13-18(21)22-14-7-5-2/h4,6,15-17,19H,5,7-14H2,1-3H3. The third kappa shape index (κ3) is 8.00. The van der Waals surface area contributed by atoms with E-state index in [1.165, 1.54) is 0 Å². The molecule has 1 heterocycles. The quantitative estimate of drug-likeness (QED) is 0.281. The minimum Gasteiger partial charge on any atom is -0.466 e. The number of rotatable bonds is 11. The summed E-state index contributed by atoms with van der Waals surface area (Å²) in [4.78, 5) is 11.7. The summed E-state index contributed by atoms with van der Waals surface area (Å²) in [6.07, 6.45) is 11.0. The van der Waals surface area contributed by atoms with Gasteiger partial charge in [0.05, 0.1) is 24.6 Å². The molecule has 24 heavy (non-hydrogen) atoms. The van der Waals surface area contributed by atoms with Crippen molar-refractivity contribution in [3.8, 4) is 0 Å². The van der Waals surface area contributed by atoms with Gasteiger partial charge in [-0.3, -0.25) is 4.79 Å². The van der Waals surface area contributed by atoms with Gasteiger partial charge in [-0.2, -0.15) is 0 Å². The van der Waals surface area contributed by atoms with Gasteiger partial charge < -0.3 is 9.47 Å². The van der Waals surface area contributed by atoms with Crippen molar-refractivity contribution < 1.29 is 18.6 Å². The molecule has 0 amide bonds. The Morgan fingerprint density at radius 1 is 1.42 bits per heavy atom. The van der Waals surface area contributed by atoms with Gasteiger partial charge in [0.2, 0.25) is 0 Å². The number of carbonyl (C=O) groups is 1. The van der Waals surface area contributed by atoms with Crippen LogP contribution in [-0.4, -0.2) is 25.0 Å². The van der Waals surface area contributed by atoms with Crippen LogP contribution in [0.25, 0.3) is 0 Å². The highest BCUT2D eigenvalue weighted by Crippen LogP contribution is 2.35. The van der Waals surface area contributed by atoms with E-state index in [1.807, 2.05) is 6.92 Å². The summed E-state index contributed by atoms with van der Waals surface area (Å²) in [5.74, 6) is 0.655. The van der Waals surface area contributed by atoms with Gasteiger partial charge in [0, 0.05) is 12.3 Å². The van der Waals surface area contributed by atoms with Crippen LogP contribution in [0.4, 0.5) is 0 Å². The van der Waals surface area contributed by atoms with Gasteiger partial charge >= 0.3 is 5.97 Å². The molecule has 5 heteroatoms. The molecule has 0 spiro atoms. The fraction of sp³-hybridized carbons (Fsp3) is 0.842. The first-order chi connectivity index (χ1) is 11.6. The number of esters is 1. The van der Waals surface area contributed by atoms with Crippen molar-refractivity contribution in [1.82, 2.24) is 0 Å². The Bertz CT molecular complexity index is 372. The van der Waals surface area contributed by atoms with Crippen LogP contribution in [0.5, 0.6) is 0 Å². The van der Waals surface area contributed by atoms with E-state index in [9.17, 15) is 4.79 Å². The van der Waals surface area contributed by atoms with Crippen LogP contribution in [-0.2, 0) is 18.6 Å². The van der Waals surface area contributed by atoms with Gasteiger partial charge in [-0.25, -0.2) is 4.29 Å². The Balaban J connectivity index is 2.34. The van der Waals surface area contributed by atoms with E-state index < -0.39 is 0 Å². The van der Waals surface area contributed by atoms with Crippen molar-refractivity contribution in [3.63, 3.8) is 0 Å². The van der Waals surface area contributed by atoms with Crippen LogP contribution in [0, 0.1) is 11.8 Å². The number of unbranched alkanes of at least 4 members (excludes halogenated alkanes) is 1. The second-order valence-electron chi connectivity index (χ2n) is 6.69. The molecular formula is C19H33ClO4. The summed E-state index contributed by atoms with van der Waals surface area (Å²) in [7, 11) is 0. The number of carbonyl (C=O) groups excluding carboxylic acids is 1. The molecule has 0 aliphatic carbocycles. The van der Waals surface area contributed by atoms with Crippen molar-refractivity contribution in [2.45, 2.75) is 84.5 Å². The van der Waals surface area contributed by atoms with Crippen molar-refractivity contribution in [2.75, 3.05) is 6.61 Å². The number of halogens is 1. The van der Waals surface area contributed by atoms with Gasteiger partial charge in [0.15, 0.2) is 6.29 Å². The highest BCUT2D eigenvalue weighted by Gasteiger charge is 2.35. The molecule has 1 aliphatic heterocycles. The van der Waals surface area contributed by atoms with Crippen molar-refractivity contribution in [3.05, 3.63) is 12.2 Å². The third-order valence-electron chi connectivity index (χ3n) is 4.77. The average molecular weight is 361 g/mol. The zero-order chi connectivity index (χ0) is 17.8. The molecule has 0 aromatic carbocycles. The summed E-state index contributed by atoms with van der Waals surface area (Å²) in [6.45, 7) is 6.86. The molecule has 0 saturated carbocycles. The van der Waals surface area contributed by atoms with Crippen LogP contribution in [0.2, 0.25) is 0 Å². The zero-order valence-corrected chi connectivity index (χ0v) is 16.1. The Morgan fingerprint density at radius 2 is 2.21 bits per heavy atom. The third-order valence-corrected chi connectivity index (χ3v) is 4.95. The summed E-state index contributed by atoms with van der Waals surface area (Å²) in [6, 6.07) is 0. The lowest BCUT2D eigenvalue weighted by molar-refractivity contribution is -0.190. The van der Waals surface area contributed by atoms with E-state index in [1.54, 1.807) is 0 Å². The molecule has 0 aromatic heterocycles. The zero-order valence-electron chi connectivity index (χ0n) is 15.3. The van der Waals surface area contributed by atoms with E-state index in [0.717, 1.165) is 38.5 Å². The van der Waals surface area contributed by atoms with Gasteiger partial charge in [0.25, 0.3) is 0 Å². The Labute approximate surface area is 152 Å². The highest BCUT2D eigenvalue weighted by molar-refractivity contribution is 6.07. The van der Waals surface area contributed by atoms with Gasteiger partial charge in [0.1, 0.15) is 0 Å². The van der Waals surface area contributed by atoms with Gasteiger partial charge in [-0.05, 0) is 51.4 Å². The molecule has 1 aliphatic rings. The molecule has 140 valence electrons. The van der Waals surface area contributed by atoms with Crippen molar-refractivity contribution in [1.29, 1.82) is 0 Å². The number of allylic oxidation sites excluding steroid dienone is 2. The Morgan fingerprint density at radius 3 is 2.88 bits per heavy atom. The second-order valence-corrected chi connectivity index (χ2v) is 6.87. The SMILES string of the molecule is CC=CCCC(C)C1CCC(CCC(=O)OCCCC)OC1OCl. The minimum absolute atomic E-state index is 0.0199. The molecular weight excluding hydrogens is 328 g/mol. The van der Waals surface area contributed by atoms with E-state index in [0.29, 0.717) is 31.3 Å². The van der Waals surface area contributed by atoms with E-state index in [-0.39, 0.29) is 18.4 Å². The molecule has 0 aromatic rings. The van der Waals surface area contributed by atoms with Crippen LogP contribution >= 0.6 is 11.9 Å². The number of hydrogen-bond acceptors (Lipinski definition) is 4. The van der Waals surface area contributed by atoms with E-state index in [4.69, 9.17) is 25.6 Å². The Hall–Kier alpha value is -0.580. The fourth-order valence-electron chi connectivity index (χ4n) is 3.15. The molecule has 1 saturated heterocycles. The molecule has 4 nitrogen and oxygen atoms in total. The lowest BCUT2D eigenvalue weighted by Crippen LogP contribution is -2.39. The largest absolute Gasteiger partial charge is 0.466 e. The Kier molecular flexibility index (Phi) is 11.4. The highest BCUT2D eigenvalue weighted by atomic mass is 35.5. The van der Waals surface area contributed by atoms with Crippen molar-refractivity contribution in [2.24, 2.45) is 11.8 Å². The summed E-state index contributed by atoms with van der Waals surface area (Å²) in [5.41, 5.74) is 0. The van der Waals surface area contributed by atoms with Crippen molar-refractivity contribution >= 4 is 17.8 Å². The molecule has 4 atom stereocenters. The second kappa shape index (κ2) is 12.7. The molecule has 0 N–H and O–H groups in total. The first-order valence-corrected chi connectivity index (χ1v) is 9.62. The monoisotopic (exact) mass is 360 g/mol. The predicted octanol–water partition coefficient (Wildman–Crippen LogP) is 5.39. The maximum atomic E-state index is 11.7. The predicted molar refractivity (Wildman–Crippen MR) is 96.6 cm³/mol. The fourth-order valence-corrected chi connectivity index (χ4v) is 3.32. The summed E-state index contributed by atoms with van der Waals surface area (Å²) < 4.78 is 16.2. The summed E-state index contributed by atoms with van der Waals surface area (Å²) in [5, 5.41) is 0. The maximum Gasteiger partial charge on any atom is 0.305 e.